The Labute approximate surface area is 178 Å². The number of amides is 1. The van der Waals surface area contributed by atoms with E-state index in [9.17, 15) is 4.79 Å². The Kier molecular flexibility index (Phi) is 9.20. The number of thioether (sulfide) groups is 1. The van der Waals surface area contributed by atoms with E-state index in [-0.39, 0.29) is 24.4 Å². The van der Waals surface area contributed by atoms with E-state index in [0.29, 0.717) is 11.8 Å². The van der Waals surface area contributed by atoms with Crippen LogP contribution in [-0.4, -0.2) is 45.7 Å². The second kappa shape index (κ2) is 11.4. The fourth-order valence-electron chi connectivity index (χ4n) is 3.43. The van der Waals surface area contributed by atoms with Crippen LogP contribution in [0.5, 0.6) is 0 Å². The molecule has 162 valence electrons. The van der Waals surface area contributed by atoms with Crippen LogP contribution in [0.1, 0.15) is 71.9 Å². The molecule has 2 N–H and O–H groups in total. The van der Waals surface area contributed by atoms with Crippen LogP contribution in [0.15, 0.2) is 17.4 Å². The molecule has 0 saturated heterocycles. The Bertz CT molecular complexity index is 687. The van der Waals surface area contributed by atoms with Crippen LogP contribution in [0.4, 0.5) is 10.6 Å². The molecule has 1 atom stereocenters. The third-order valence-electron chi connectivity index (χ3n) is 4.91. The smallest absolute Gasteiger partial charge is 0.407 e. The highest BCUT2D eigenvalue weighted by molar-refractivity contribution is 8.13. The van der Waals surface area contributed by atoms with Crippen LogP contribution in [0.25, 0.3) is 0 Å². The van der Waals surface area contributed by atoms with E-state index in [0.717, 1.165) is 42.2 Å². The van der Waals surface area contributed by atoms with Gasteiger partial charge in [-0.1, -0.05) is 13.8 Å². The van der Waals surface area contributed by atoms with E-state index < -0.39 is 0 Å². The lowest BCUT2D eigenvalue weighted by atomic mass is 9.86. The summed E-state index contributed by atoms with van der Waals surface area (Å²) in [6.07, 6.45) is 7.14. The van der Waals surface area contributed by atoms with Crippen molar-refractivity contribution >= 4 is 28.7 Å². The van der Waals surface area contributed by atoms with Gasteiger partial charge < -0.3 is 15.4 Å². The van der Waals surface area contributed by atoms with Gasteiger partial charge in [0.2, 0.25) is 0 Å². The molecule has 1 aromatic heterocycles. The van der Waals surface area contributed by atoms with Crippen LogP contribution >= 0.6 is 11.8 Å². The summed E-state index contributed by atoms with van der Waals surface area (Å²) in [6, 6.07) is 2.18. The van der Waals surface area contributed by atoms with Crippen LogP contribution in [0.2, 0.25) is 0 Å². The number of carbonyl (C=O) groups is 1. The molecule has 8 heteroatoms. The molecule has 7 nitrogen and oxygen atoms in total. The third-order valence-corrected chi connectivity index (χ3v) is 5.76. The molecule has 1 heterocycles. The van der Waals surface area contributed by atoms with Crippen molar-refractivity contribution in [2.75, 3.05) is 11.6 Å². The summed E-state index contributed by atoms with van der Waals surface area (Å²) in [6.45, 7) is 10.00. The van der Waals surface area contributed by atoms with E-state index in [2.05, 4.69) is 40.7 Å². The van der Waals surface area contributed by atoms with Crippen molar-refractivity contribution in [3.05, 3.63) is 18.1 Å². The van der Waals surface area contributed by atoms with Gasteiger partial charge in [0.15, 0.2) is 0 Å². The average molecular weight is 422 g/mol. The molecule has 1 amide bonds. The summed E-state index contributed by atoms with van der Waals surface area (Å²) < 4.78 is 5.18. The normalized spacial score (nSPS) is 21.2. The fraction of sp³-hybridized carbons (Fsp3) is 0.714. The molecule has 1 saturated carbocycles. The van der Waals surface area contributed by atoms with Gasteiger partial charge >= 0.3 is 6.09 Å². The first kappa shape index (κ1) is 23.4. The maximum atomic E-state index is 11.8. The molecule has 0 bridgehead atoms. The molecule has 0 aliphatic heterocycles. The van der Waals surface area contributed by atoms with Gasteiger partial charge in [-0.25, -0.2) is 14.8 Å². The Hall–Kier alpha value is -1.83. The van der Waals surface area contributed by atoms with E-state index in [1.807, 2.05) is 26.8 Å². The van der Waals surface area contributed by atoms with Gasteiger partial charge in [0.1, 0.15) is 18.3 Å². The van der Waals surface area contributed by atoms with E-state index in [4.69, 9.17) is 9.73 Å². The quantitative estimate of drug-likeness (QED) is 0.485. The summed E-state index contributed by atoms with van der Waals surface area (Å²) >= 11 is 1.71. The minimum absolute atomic E-state index is 0.0655. The second-order valence-corrected chi connectivity index (χ2v) is 8.95. The number of alkyl carbamates (subject to hydrolysis) is 1. The molecular weight excluding hydrogens is 386 g/mol. The molecule has 1 fully saturated rings. The van der Waals surface area contributed by atoms with E-state index in [1.165, 1.54) is 0 Å². The maximum absolute atomic E-state index is 11.8. The summed E-state index contributed by atoms with van der Waals surface area (Å²) in [7, 11) is 0. The van der Waals surface area contributed by atoms with Gasteiger partial charge in [0.05, 0.1) is 11.1 Å². The number of nitrogens with zero attached hydrogens (tertiary/aromatic N) is 3. The fourth-order valence-corrected chi connectivity index (χ4v) is 4.26. The zero-order chi connectivity index (χ0) is 21.4. The van der Waals surface area contributed by atoms with Gasteiger partial charge in [-0.3, -0.25) is 4.99 Å². The van der Waals surface area contributed by atoms with Crippen LogP contribution in [0.3, 0.4) is 0 Å². The van der Waals surface area contributed by atoms with Crippen molar-refractivity contribution in [2.45, 2.75) is 84.5 Å². The lowest BCUT2D eigenvalue weighted by Gasteiger charge is -2.30. The number of rotatable bonds is 7. The molecule has 1 aliphatic rings. The van der Waals surface area contributed by atoms with Crippen LogP contribution in [-0.2, 0) is 4.74 Å². The first-order valence-corrected chi connectivity index (χ1v) is 11.7. The SMILES string of the molecule is CSC(=NC(C)Nc1cc(C(C)C)ncn1)C1CCC(NC(=O)OC(C)C)CC1. The summed E-state index contributed by atoms with van der Waals surface area (Å²) in [5.41, 5.74) is 1.02. The molecular formula is C21H35N5O2S. The molecule has 1 aliphatic carbocycles. The van der Waals surface area contributed by atoms with Crippen molar-refractivity contribution in [1.82, 2.24) is 15.3 Å². The summed E-state index contributed by atoms with van der Waals surface area (Å²) in [5.74, 6) is 1.60. The Balaban J connectivity index is 1.89. The average Bonchev–Trinajstić information content (AvgIpc) is 2.66. The highest BCUT2D eigenvalue weighted by Gasteiger charge is 2.26. The van der Waals surface area contributed by atoms with Gasteiger partial charge in [-0.15, -0.1) is 11.8 Å². The maximum Gasteiger partial charge on any atom is 0.407 e. The van der Waals surface area contributed by atoms with Crippen LogP contribution in [0, 0.1) is 5.92 Å². The number of ether oxygens (including phenoxy) is 1. The Morgan fingerprint density at radius 1 is 1.17 bits per heavy atom. The van der Waals surface area contributed by atoms with E-state index >= 15 is 0 Å². The molecule has 0 radical (unpaired) electrons. The topological polar surface area (TPSA) is 88.5 Å². The molecule has 2 rings (SSSR count). The third kappa shape index (κ3) is 7.84. The minimum Gasteiger partial charge on any atom is -0.447 e. The van der Waals surface area contributed by atoms with Gasteiger partial charge in [-0.05, 0) is 58.6 Å². The monoisotopic (exact) mass is 421 g/mol. The van der Waals surface area contributed by atoms with E-state index in [1.54, 1.807) is 18.1 Å². The van der Waals surface area contributed by atoms with Crippen molar-refractivity contribution in [1.29, 1.82) is 0 Å². The van der Waals surface area contributed by atoms with Gasteiger partial charge in [0, 0.05) is 23.7 Å². The zero-order valence-corrected chi connectivity index (χ0v) is 19.3. The number of hydrogen-bond donors (Lipinski definition) is 2. The summed E-state index contributed by atoms with van der Waals surface area (Å²) in [5, 5.41) is 7.51. The highest BCUT2D eigenvalue weighted by atomic mass is 32.2. The lowest BCUT2D eigenvalue weighted by Crippen LogP contribution is -2.39. The lowest BCUT2D eigenvalue weighted by molar-refractivity contribution is 0.109. The minimum atomic E-state index is -0.314. The highest BCUT2D eigenvalue weighted by Crippen LogP contribution is 2.29. The first-order valence-electron chi connectivity index (χ1n) is 10.5. The molecule has 1 aromatic rings. The van der Waals surface area contributed by atoms with Crippen molar-refractivity contribution in [2.24, 2.45) is 10.9 Å². The first-order chi connectivity index (χ1) is 13.8. The van der Waals surface area contributed by atoms with Crippen LogP contribution < -0.4 is 10.6 Å². The predicted octanol–water partition coefficient (Wildman–Crippen LogP) is 4.81. The predicted molar refractivity (Wildman–Crippen MR) is 121 cm³/mol. The van der Waals surface area contributed by atoms with Crippen molar-refractivity contribution in [3.63, 3.8) is 0 Å². The van der Waals surface area contributed by atoms with Gasteiger partial charge in [-0.2, -0.15) is 0 Å². The van der Waals surface area contributed by atoms with Gasteiger partial charge in [0.25, 0.3) is 0 Å². The molecule has 0 aromatic carbocycles. The Morgan fingerprint density at radius 3 is 2.45 bits per heavy atom. The number of hydrogen-bond acceptors (Lipinski definition) is 7. The largest absolute Gasteiger partial charge is 0.447 e. The molecule has 0 spiro atoms. The number of aliphatic imine (C=N–C) groups is 1. The number of anilines is 1. The molecule has 1 unspecified atom stereocenters. The van der Waals surface area contributed by atoms with Crippen molar-refractivity contribution < 1.29 is 9.53 Å². The molecule has 29 heavy (non-hydrogen) atoms. The number of nitrogens with one attached hydrogen (secondary N) is 2. The number of carbonyl (C=O) groups excluding carboxylic acids is 1. The summed E-state index contributed by atoms with van der Waals surface area (Å²) in [4.78, 5) is 25.3. The standard InChI is InChI=1S/C21H35N5O2S/c1-13(2)18-11-19(23-12-22-18)24-15(5)25-20(29-6)16-7-9-17(10-8-16)26-21(27)28-14(3)4/h11-17H,7-10H2,1-6H3,(H,26,27)(H,22,23,24). The Morgan fingerprint density at radius 2 is 1.86 bits per heavy atom. The number of aromatic nitrogens is 2. The zero-order valence-electron chi connectivity index (χ0n) is 18.4. The second-order valence-electron chi connectivity index (χ2n) is 8.12. The van der Waals surface area contributed by atoms with Crippen molar-refractivity contribution in [3.8, 4) is 0 Å².